The van der Waals surface area contributed by atoms with Crippen LogP contribution < -0.4 is 4.74 Å². The predicted molar refractivity (Wildman–Crippen MR) is 141 cm³/mol. The number of hydrogen-bond donors (Lipinski definition) is 1. The highest BCUT2D eigenvalue weighted by Crippen LogP contribution is 2.34. The van der Waals surface area contributed by atoms with Crippen LogP contribution in [0.25, 0.3) is 0 Å². The van der Waals surface area contributed by atoms with Crippen molar-refractivity contribution in [1.29, 1.82) is 0 Å². The molecule has 3 atom stereocenters. The van der Waals surface area contributed by atoms with Gasteiger partial charge in [0.15, 0.2) is 0 Å². The van der Waals surface area contributed by atoms with Gasteiger partial charge >= 0.3 is 0 Å². The second kappa shape index (κ2) is 12.4. The SMILES string of the molecule is CC(C)CC#Cc1ccc2c(c1)O[C@H](CN(C)C(=O)C1CCCCC1)[C@H](C)CN([C@H](C)CO)S2(=O)=O. The molecule has 0 saturated heterocycles. The zero-order valence-corrected chi connectivity index (χ0v) is 23.2. The molecule has 1 aromatic carbocycles. The number of rotatable bonds is 6. The molecule has 3 rings (SSSR count). The van der Waals surface area contributed by atoms with Crippen molar-refractivity contribution in [3.63, 3.8) is 0 Å². The molecule has 1 N–H and O–H groups in total. The van der Waals surface area contributed by atoms with Gasteiger partial charge in [-0.15, -0.1) is 0 Å². The molecular weight excluding hydrogens is 476 g/mol. The summed E-state index contributed by atoms with van der Waals surface area (Å²) in [5.74, 6) is 6.93. The Bertz CT molecular complexity index is 1070. The summed E-state index contributed by atoms with van der Waals surface area (Å²) in [7, 11) is -2.09. The number of hydrogen-bond acceptors (Lipinski definition) is 5. The van der Waals surface area contributed by atoms with Crippen molar-refractivity contribution >= 4 is 15.9 Å². The van der Waals surface area contributed by atoms with Crippen LogP contribution in [0.2, 0.25) is 0 Å². The molecule has 0 radical (unpaired) electrons. The van der Waals surface area contributed by atoms with E-state index in [0.717, 1.165) is 32.1 Å². The van der Waals surface area contributed by atoms with Gasteiger partial charge in [-0.1, -0.05) is 51.9 Å². The molecule has 1 saturated carbocycles. The molecular formula is C28H42N2O5S. The van der Waals surface area contributed by atoms with Crippen molar-refractivity contribution in [2.45, 2.75) is 83.3 Å². The summed E-state index contributed by atoms with van der Waals surface area (Å²) in [5, 5.41) is 9.82. The Hall–Kier alpha value is -2.08. The summed E-state index contributed by atoms with van der Waals surface area (Å²) in [6.07, 6.45) is 5.52. The first-order valence-corrected chi connectivity index (χ1v) is 14.7. The molecule has 1 heterocycles. The average molecular weight is 519 g/mol. The summed E-state index contributed by atoms with van der Waals surface area (Å²) in [5.41, 5.74) is 0.685. The summed E-state index contributed by atoms with van der Waals surface area (Å²) < 4.78 is 35.0. The van der Waals surface area contributed by atoms with E-state index in [4.69, 9.17) is 4.74 Å². The lowest BCUT2D eigenvalue weighted by Gasteiger charge is -2.38. The van der Waals surface area contributed by atoms with E-state index < -0.39 is 22.2 Å². The third-order valence-electron chi connectivity index (χ3n) is 7.19. The molecule has 200 valence electrons. The van der Waals surface area contributed by atoms with E-state index in [1.807, 2.05) is 14.0 Å². The number of fused-ring (bicyclic) bond motifs is 1. The van der Waals surface area contributed by atoms with Gasteiger partial charge in [0.25, 0.3) is 0 Å². The number of aliphatic hydroxyl groups is 1. The zero-order valence-electron chi connectivity index (χ0n) is 22.4. The number of sulfonamides is 1. The minimum absolute atomic E-state index is 0.0500. The zero-order chi connectivity index (χ0) is 26.5. The number of benzene rings is 1. The molecule has 1 fully saturated rings. The minimum Gasteiger partial charge on any atom is -0.487 e. The van der Waals surface area contributed by atoms with E-state index in [1.165, 1.54) is 10.7 Å². The van der Waals surface area contributed by atoms with Crippen LogP contribution >= 0.6 is 0 Å². The third kappa shape index (κ3) is 6.81. The smallest absolute Gasteiger partial charge is 0.247 e. The van der Waals surface area contributed by atoms with Gasteiger partial charge in [-0.25, -0.2) is 8.42 Å². The largest absolute Gasteiger partial charge is 0.487 e. The highest BCUT2D eigenvalue weighted by molar-refractivity contribution is 7.89. The highest BCUT2D eigenvalue weighted by atomic mass is 32.2. The van der Waals surface area contributed by atoms with Crippen LogP contribution in [-0.2, 0) is 14.8 Å². The fourth-order valence-electron chi connectivity index (χ4n) is 4.90. The molecule has 1 aromatic rings. The Morgan fingerprint density at radius 3 is 2.56 bits per heavy atom. The Morgan fingerprint density at radius 1 is 1.22 bits per heavy atom. The van der Waals surface area contributed by atoms with Crippen molar-refractivity contribution in [2.24, 2.45) is 17.8 Å². The molecule has 8 heteroatoms. The number of amides is 1. The van der Waals surface area contributed by atoms with Crippen LogP contribution in [0.15, 0.2) is 23.1 Å². The van der Waals surface area contributed by atoms with Crippen molar-refractivity contribution in [3.8, 4) is 17.6 Å². The summed E-state index contributed by atoms with van der Waals surface area (Å²) in [6.45, 7) is 8.10. The summed E-state index contributed by atoms with van der Waals surface area (Å²) in [6, 6.07) is 4.35. The normalized spacial score (nSPS) is 23.4. The Labute approximate surface area is 217 Å². The first kappa shape index (κ1) is 28.5. The Kier molecular flexibility index (Phi) is 9.85. The maximum atomic E-state index is 13.6. The van der Waals surface area contributed by atoms with Crippen LogP contribution in [0.4, 0.5) is 0 Å². The van der Waals surface area contributed by atoms with Gasteiger partial charge in [-0.3, -0.25) is 4.79 Å². The monoisotopic (exact) mass is 518 g/mol. The number of carbonyl (C=O) groups excluding carboxylic acids is 1. The maximum Gasteiger partial charge on any atom is 0.247 e. The number of nitrogens with zero attached hydrogens (tertiary/aromatic N) is 2. The number of carbonyl (C=O) groups is 1. The molecule has 36 heavy (non-hydrogen) atoms. The quantitative estimate of drug-likeness (QED) is 0.578. The van der Waals surface area contributed by atoms with Crippen LogP contribution in [0.5, 0.6) is 5.75 Å². The maximum absolute atomic E-state index is 13.6. The van der Waals surface area contributed by atoms with Gasteiger partial charge in [0.2, 0.25) is 15.9 Å². The van der Waals surface area contributed by atoms with Crippen LogP contribution in [0.1, 0.15) is 71.8 Å². The van der Waals surface area contributed by atoms with Gasteiger partial charge < -0.3 is 14.7 Å². The molecule has 2 aliphatic rings. The lowest BCUT2D eigenvalue weighted by atomic mass is 9.88. The average Bonchev–Trinajstić information content (AvgIpc) is 2.85. The molecule has 0 unspecified atom stereocenters. The van der Waals surface area contributed by atoms with Gasteiger partial charge in [-0.05, 0) is 43.9 Å². The molecule has 1 aliphatic heterocycles. The minimum atomic E-state index is -3.90. The number of aliphatic hydroxyl groups excluding tert-OH is 1. The fourth-order valence-corrected chi connectivity index (χ4v) is 6.73. The van der Waals surface area contributed by atoms with Gasteiger partial charge in [-0.2, -0.15) is 4.31 Å². The van der Waals surface area contributed by atoms with Crippen molar-refractivity contribution in [1.82, 2.24) is 9.21 Å². The fraction of sp³-hybridized carbons (Fsp3) is 0.679. The number of likely N-dealkylation sites (N-methyl/N-ethyl adjacent to an activating group) is 1. The molecule has 7 nitrogen and oxygen atoms in total. The standard InChI is InChI=1S/C28H42N2O5S/c1-20(2)10-9-11-23-14-15-27-25(16-23)35-26(18-29(5)28(32)24-12-7-6-8-13-24)21(3)17-30(22(4)19-31)36(27,33)34/h14-16,20-22,24,26,31H,6-8,10,12-13,17-19H2,1-5H3/t21-,22-,26-/m1/s1. The lowest BCUT2D eigenvalue weighted by molar-refractivity contribution is -0.136. The number of ether oxygens (including phenoxy) is 1. The van der Waals surface area contributed by atoms with E-state index in [9.17, 15) is 18.3 Å². The molecule has 1 aliphatic carbocycles. The first-order valence-electron chi connectivity index (χ1n) is 13.2. The summed E-state index contributed by atoms with van der Waals surface area (Å²) in [4.78, 5) is 15.0. The van der Waals surface area contributed by atoms with Crippen LogP contribution in [-0.4, -0.2) is 67.5 Å². The van der Waals surface area contributed by atoms with Crippen molar-refractivity contribution in [3.05, 3.63) is 23.8 Å². The molecule has 0 bridgehead atoms. The van der Waals surface area contributed by atoms with E-state index in [2.05, 4.69) is 25.7 Å². The van der Waals surface area contributed by atoms with E-state index in [1.54, 1.807) is 30.0 Å². The predicted octanol–water partition coefficient (Wildman–Crippen LogP) is 3.89. The van der Waals surface area contributed by atoms with Crippen molar-refractivity contribution in [2.75, 3.05) is 26.7 Å². The van der Waals surface area contributed by atoms with E-state index >= 15 is 0 Å². The second-order valence-electron chi connectivity index (χ2n) is 10.9. The first-order chi connectivity index (χ1) is 17.0. The van der Waals surface area contributed by atoms with Crippen molar-refractivity contribution < 1.29 is 23.1 Å². The second-order valence-corrected chi connectivity index (χ2v) is 12.7. The van der Waals surface area contributed by atoms with Crippen LogP contribution in [0.3, 0.4) is 0 Å². The lowest BCUT2D eigenvalue weighted by Crippen LogP contribution is -2.50. The van der Waals surface area contributed by atoms with Gasteiger partial charge in [0.1, 0.15) is 16.7 Å². The van der Waals surface area contributed by atoms with Crippen LogP contribution in [0, 0.1) is 29.6 Å². The Morgan fingerprint density at radius 2 is 1.92 bits per heavy atom. The highest BCUT2D eigenvalue weighted by Gasteiger charge is 2.38. The topological polar surface area (TPSA) is 87.2 Å². The molecule has 0 aromatic heterocycles. The Balaban J connectivity index is 1.96. The van der Waals surface area contributed by atoms with E-state index in [0.29, 0.717) is 18.0 Å². The van der Waals surface area contributed by atoms with Gasteiger partial charge in [0.05, 0.1) is 13.2 Å². The molecule has 1 amide bonds. The molecule has 0 spiro atoms. The van der Waals surface area contributed by atoms with Gasteiger partial charge in [0, 0.05) is 43.5 Å². The van der Waals surface area contributed by atoms with E-state index in [-0.39, 0.29) is 41.5 Å². The third-order valence-corrected chi connectivity index (χ3v) is 9.21. The summed E-state index contributed by atoms with van der Waals surface area (Å²) >= 11 is 0.